The molecule has 702 valence electrons. The Labute approximate surface area is 869 Å². The van der Waals surface area contributed by atoms with E-state index in [0.717, 1.165) is 163 Å². The van der Waals surface area contributed by atoms with E-state index in [-0.39, 0.29) is 0 Å². The lowest BCUT2D eigenvalue weighted by atomic mass is 9.66. The van der Waals surface area contributed by atoms with Crippen molar-refractivity contribution in [2.45, 2.75) is 16.2 Å². The number of ether oxygens (including phenoxy) is 3. The molecule has 30 rings (SSSR count). The second-order valence-corrected chi connectivity index (χ2v) is 38.8. The van der Waals surface area contributed by atoms with E-state index in [0.29, 0.717) is 17.5 Å². The minimum Gasteiger partial charge on any atom is -0.457 e. The first kappa shape index (κ1) is 88.0. The molecule has 6 heterocycles. The number of fused-ring (bicyclic) bond motifs is 27. The zero-order valence-corrected chi connectivity index (χ0v) is 81.4. The molecule has 0 amide bonds. The van der Waals surface area contributed by atoms with Crippen molar-refractivity contribution in [1.29, 1.82) is 0 Å². The summed E-state index contributed by atoms with van der Waals surface area (Å²) >= 11 is 0. The lowest BCUT2D eigenvalue weighted by Gasteiger charge is -2.39. The fourth-order valence-electron chi connectivity index (χ4n) is 23.8. The molecule has 0 saturated heterocycles. The van der Waals surface area contributed by atoms with Crippen LogP contribution in [-0.2, 0) is 16.2 Å². The lowest BCUT2D eigenvalue weighted by molar-refractivity contribution is 0.436. The van der Waals surface area contributed by atoms with Crippen LogP contribution in [-0.4, -0.2) is 29.9 Å². The Morgan fingerprint density at radius 1 is 0.113 bits per heavy atom. The number of para-hydroxylation sites is 3. The van der Waals surface area contributed by atoms with Gasteiger partial charge in [-0.1, -0.05) is 491 Å². The van der Waals surface area contributed by atoms with Crippen LogP contribution < -0.4 is 14.2 Å². The third kappa shape index (κ3) is 14.7. The van der Waals surface area contributed by atoms with Crippen LogP contribution in [0.3, 0.4) is 0 Å². The van der Waals surface area contributed by atoms with Gasteiger partial charge in [0.05, 0.1) is 50.4 Å². The molecule has 3 aliphatic carbocycles. The van der Waals surface area contributed by atoms with Crippen LogP contribution in [0, 0.1) is 0 Å². The number of nitrogens with zero attached hydrogens (tertiary/aromatic N) is 6. The van der Waals surface area contributed by atoms with E-state index in [9.17, 15) is 0 Å². The number of hydrogen-bond acceptors (Lipinski definition) is 9. The standard InChI is InChI=1S/C53H34N2O.C47H30N2O.C41H26N2O/c1-3-13-35(14-4-1)37-23-27-39(28-24-37)48-34-49(55-52(54-48)40-29-25-38(26-30-40)36-15-5-2-6-16-36)41-31-32-47-51(33-41)56-50-22-12-11-21-46(50)53(47)44-19-9-7-17-42(44)43-18-8-10-20-45(43)53;1-3-13-31(14-4-1)32-23-25-33(26-24-32)42-30-43(49-46(48-42)34-15-5-2-6-16-34)35-27-28-41-45(29-35)50-44-22-12-11-21-40(44)47(41)38-19-9-7-17-36(38)37-18-8-10-20-39(37)47;1-3-13-27(14-4-1)36-26-37(43-40(42-36)28-15-5-2-6-16-28)29-23-24-35-39(25-29)44-38-22-12-11-21-34(38)41(35)32-19-9-7-17-30(32)31-18-8-10-20-33(31)41/h1-34H;1-30H;1-26H. The van der Waals surface area contributed by atoms with Gasteiger partial charge in [-0.15, -0.1) is 0 Å². The van der Waals surface area contributed by atoms with Crippen LogP contribution in [0.15, 0.2) is 546 Å². The van der Waals surface area contributed by atoms with Gasteiger partial charge in [0.15, 0.2) is 17.5 Å². The molecular formula is C141H90N6O3. The van der Waals surface area contributed by atoms with Gasteiger partial charge >= 0.3 is 0 Å². The van der Waals surface area contributed by atoms with E-state index in [1.165, 1.54) is 89.0 Å². The summed E-state index contributed by atoms with van der Waals surface area (Å²) in [5, 5.41) is 0. The summed E-state index contributed by atoms with van der Waals surface area (Å²) < 4.78 is 20.4. The van der Waals surface area contributed by atoms with E-state index in [1.807, 2.05) is 72.8 Å². The molecule has 0 saturated carbocycles. The van der Waals surface area contributed by atoms with Gasteiger partial charge in [0.25, 0.3) is 0 Å². The summed E-state index contributed by atoms with van der Waals surface area (Å²) in [5.41, 5.74) is 41.7. The monoisotopic (exact) mass is 1910 g/mol. The fraction of sp³-hybridized carbons (Fsp3) is 0.0213. The van der Waals surface area contributed by atoms with Gasteiger partial charge in [-0.05, 0) is 155 Å². The molecule has 0 unspecified atom stereocenters. The summed E-state index contributed by atoms with van der Waals surface area (Å²) in [5.74, 6) is 7.17. The number of hydrogen-bond donors (Lipinski definition) is 0. The normalized spacial score (nSPS) is 13.1. The zero-order valence-electron chi connectivity index (χ0n) is 81.4. The molecule has 3 aliphatic heterocycles. The van der Waals surface area contributed by atoms with Crippen molar-refractivity contribution >= 4 is 0 Å². The number of benzene rings is 21. The molecular weight excluding hydrogens is 1830 g/mol. The van der Waals surface area contributed by atoms with Crippen molar-refractivity contribution in [2.24, 2.45) is 0 Å². The van der Waals surface area contributed by atoms with Crippen LogP contribution in [0.5, 0.6) is 34.5 Å². The first-order chi connectivity index (χ1) is 74.3. The molecule has 0 fully saturated rings. The van der Waals surface area contributed by atoms with Crippen molar-refractivity contribution in [2.75, 3.05) is 0 Å². The van der Waals surface area contributed by atoms with E-state index < -0.39 is 16.2 Å². The molecule has 6 aliphatic rings. The Hall–Kier alpha value is -19.7. The summed E-state index contributed by atoms with van der Waals surface area (Å²) in [4.78, 5) is 30.7. The zero-order chi connectivity index (χ0) is 99.2. The topological polar surface area (TPSA) is 105 Å². The van der Waals surface area contributed by atoms with Crippen molar-refractivity contribution in [1.82, 2.24) is 29.9 Å². The van der Waals surface area contributed by atoms with Crippen LogP contribution >= 0.6 is 0 Å². The highest BCUT2D eigenvalue weighted by atomic mass is 16.5. The molecule has 150 heavy (non-hydrogen) atoms. The van der Waals surface area contributed by atoms with Gasteiger partial charge in [-0.2, -0.15) is 0 Å². The molecule has 0 radical (unpaired) electrons. The SMILES string of the molecule is c1ccc(-c2cc(-c3ccc4c(c3)Oc3ccccc3C43c4ccccc4-c4ccccc43)nc(-c3ccccc3)n2)cc1.c1ccc(-c2ccc(-c3cc(-c4ccc5c(c4)Oc4ccccc4C54c5ccccc5-c5ccccc54)nc(-c4ccc(-c5ccccc5)cc4)n3)cc2)cc1.c1ccc(-c2ccc(-c3cc(-c4ccc5c(c4)Oc4ccccc4C54c5ccccc5-c5ccccc54)nc(-c4ccccc4)n3)cc2)cc1. The van der Waals surface area contributed by atoms with Gasteiger partial charge in [-0.3, -0.25) is 0 Å². The molecule has 0 atom stereocenters. The number of aromatic nitrogens is 6. The molecule has 0 N–H and O–H groups in total. The van der Waals surface area contributed by atoms with E-state index in [4.69, 9.17) is 44.1 Å². The van der Waals surface area contributed by atoms with Crippen molar-refractivity contribution in [3.05, 3.63) is 613 Å². The van der Waals surface area contributed by atoms with Crippen LogP contribution in [0.25, 0.3) is 168 Å². The first-order valence-electron chi connectivity index (χ1n) is 51.0. The predicted octanol–water partition coefficient (Wildman–Crippen LogP) is 34.8. The highest BCUT2D eigenvalue weighted by molar-refractivity contribution is 5.94. The molecule has 3 spiro atoms. The van der Waals surface area contributed by atoms with Gasteiger partial charge in [-0.25, -0.2) is 29.9 Å². The van der Waals surface area contributed by atoms with Gasteiger partial charge in [0.2, 0.25) is 0 Å². The van der Waals surface area contributed by atoms with Crippen molar-refractivity contribution in [3.63, 3.8) is 0 Å². The Kier molecular flexibility index (Phi) is 21.4. The molecule has 24 aromatic rings. The second-order valence-electron chi connectivity index (χ2n) is 38.8. The molecule has 9 heteroatoms. The van der Waals surface area contributed by atoms with Gasteiger partial charge < -0.3 is 14.2 Å². The molecule has 3 aromatic heterocycles. The summed E-state index contributed by atoms with van der Waals surface area (Å²) in [6, 6.07) is 192. The Morgan fingerprint density at radius 2 is 0.273 bits per heavy atom. The van der Waals surface area contributed by atoms with E-state index in [2.05, 4.69) is 473 Å². The van der Waals surface area contributed by atoms with Gasteiger partial charge in [0.1, 0.15) is 34.5 Å². The first-order valence-corrected chi connectivity index (χ1v) is 51.0. The van der Waals surface area contributed by atoms with Crippen molar-refractivity contribution < 1.29 is 14.2 Å². The smallest absolute Gasteiger partial charge is 0.160 e. The molecule has 9 nitrogen and oxygen atoms in total. The van der Waals surface area contributed by atoms with E-state index >= 15 is 0 Å². The maximum atomic E-state index is 6.85. The largest absolute Gasteiger partial charge is 0.457 e. The minimum absolute atomic E-state index is 0.480. The Bertz CT molecular complexity index is 9100. The quantitative estimate of drug-likeness (QED) is 0.118. The highest BCUT2D eigenvalue weighted by Gasteiger charge is 2.55. The highest BCUT2D eigenvalue weighted by Crippen LogP contribution is 2.67. The minimum atomic E-state index is -0.515. The average molecular weight is 1920 g/mol. The van der Waals surface area contributed by atoms with Crippen LogP contribution in [0.4, 0.5) is 0 Å². The van der Waals surface area contributed by atoms with Crippen molar-refractivity contribution in [3.8, 4) is 203 Å². The fourth-order valence-corrected chi connectivity index (χ4v) is 23.8. The predicted molar refractivity (Wildman–Crippen MR) is 603 cm³/mol. The summed E-state index contributed by atoms with van der Waals surface area (Å²) in [6.45, 7) is 0. The summed E-state index contributed by atoms with van der Waals surface area (Å²) in [6.07, 6.45) is 0. The Balaban J connectivity index is 0.000000109. The number of rotatable bonds is 12. The van der Waals surface area contributed by atoms with Crippen LogP contribution in [0.2, 0.25) is 0 Å². The molecule has 21 aromatic carbocycles. The van der Waals surface area contributed by atoms with Crippen LogP contribution in [0.1, 0.15) is 66.8 Å². The molecule has 0 bridgehead atoms. The average Bonchev–Trinajstić information content (AvgIpc) is 1.52. The van der Waals surface area contributed by atoms with Gasteiger partial charge in [0, 0.05) is 83.5 Å². The second kappa shape index (κ2) is 36.5. The third-order valence-corrected chi connectivity index (χ3v) is 30.6. The van der Waals surface area contributed by atoms with E-state index in [1.54, 1.807) is 0 Å². The Morgan fingerprint density at radius 3 is 0.527 bits per heavy atom. The maximum absolute atomic E-state index is 6.85. The maximum Gasteiger partial charge on any atom is 0.160 e. The lowest BCUT2D eigenvalue weighted by Crippen LogP contribution is -2.32. The third-order valence-electron chi connectivity index (χ3n) is 30.6. The summed E-state index contributed by atoms with van der Waals surface area (Å²) in [7, 11) is 0.